The highest BCUT2D eigenvalue weighted by Crippen LogP contribution is 2.39. The quantitative estimate of drug-likeness (QED) is 0.890. The van der Waals surface area contributed by atoms with Crippen LogP contribution in [0.25, 0.3) is 0 Å². The van der Waals surface area contributed by atoms with Crippen LogP contribution in [0.2, 0.25) is 0 Å². The fourth-order valence-corrected chi connectivity index (χ4v) is 4.25. The van der Waals surface area contributed by atoms with Gasteiger partial charge in [-0.1, -0.05) is 6.92 Å². The second kappa shape index (κ2) is 6.48. The molecule has 1 aromatic heterocycles. The lowest BCUT2D eigenvalue weighted by Gasteiger charge is -2.34. The van der Waals surface area contributed by atoms with E-state index in [0.29, 0.717) is 13.2 Å². The minimum absolute atomic E-state index is 0.0326. The maximum Gasteiger partial charge on any atom is 0.227 e. The van der Waals surface area contributed by atoms with Gasteiger partial charge in [-0.15, -0.1) is 0 Å². The standard InChI is InChI=1S/C18H27N3O3/c1-12-5-7-18(8-6-12)23-11-13(24-18)9-19-17(22)14-3-2-4-16-15(14)10-20-21-16/h10,12-14H,2-9,11H2,1H3,(H,19,22)(H,20,21)/t12?,13-,14-,18?/m1/s1. The van der Waals surface area contributed by atoms with Gasteiger partial charge in [-0.25, -0.2) is 0 Å². The molecule has 2 fully saturated rings. The Kier molecular flexibility index (Phi) is 4.35. The van der Waals surface area contributed by atoms with Crippen LogP contribution in [0.3, 0.4) is 0 Å². The molecule has 0 aromatic carbocycles. The van der Waals surface area contributed by atoms with E-state index in [0.717, 1.165) is 62.1 Å². The summed E-state index contributed by atoms with van der Waals surface area (Å²) in [5, 5.41) is 10.2. The number of aryl methyl sites for hydroxylation is 1. The Morgan fingerprint density at radius 3 is 3.08 bits per heavy atom. The van der Waals surface area contributed by atoms with Crippen LogP contribution in [0.15, 0.2) is 6.20 Å². The van der Waals surface area contributed by atoms with Crippen molar-refractivity contribution in [1.82, 2.24) is 15.5 Å². The highest BCUT2D eigenvalue weighted by molar-refractivity contribution is 5.84. The highest BCUT2D eigenvalue weighted by Gasteiger charge is 2.43. The Hall–Kier alpha value is -1.40. The minimum atomic E-state index is -0.384. The number of carbonyl (C=O) groups excluding carboxylic acids is 1. The van der Waals surface area contributed by atoms with Crippen LogP contribution in [0, 0.1) is 5.92 Å². The average molecular weight is 333 g/mol. The molecular weight excluding hydrogens is 306 g/mol. The maximum absolute atomic E-state index is 12.6. The van der Waals surface area contributed by atoms with Gasteiger partial charge in [0.15, 0.2) is 5.79 Å². The summed E-state index contributed by atoms with van der Waals surface area (Å²) in [6, 6.07) is 0. The van der Waals surface area contributed by atoms with Gasteiger partial charge in [-0.05, 0) is 38.0 Å². The molecule has 1 aromatic rings. The van der Waals surface area contributed by atoms with E-state index in [4.69, 9.17) is 9.47 Å². The largest absolute Gasteiger partial charge is 0.353 e. The number of H-pyrrole nitrogens is 1. The number of amides is 1. The predicted molar refractivity (Wildman–Crippen MR) is 88.5 cm³/mol. The topological polar surface area (TPSA) is 76.2 Å². The summed E-state index contributed by atoms with van der Waals surface area (Å²) in [6.07, 6.45) is 8.93. The Balaban J connectivity index is 1.30. The van der Waals surface area contributed by atoms with Crippen LogP contribution in [-0.2, 0) is 20.7 Å². The number of fused-ring (bicyclic) bond motifs is 1. The number of hydrogen-bond acceptors (Lipinski definition) is 4. The Bertz CT molecular complexity index is 592. The highest BCUT2D eigenvalue weighted by atomic mass is 16.7. The number of ether oxygens (including phenoxy) is 2. The van der Waals surface area contributed by atoms with E-state index in [9.17, 15) is 4.79 Å². The lowest BCUT2D eigenvalue weighted by molar-refractivity contribution is -0.191. The first-order valence-electron chi connectivity index (χ1n) is 9.27. The van der Waals surface area contributed by atoms with Crippen molar-refractivity contribution in [2.24, 2.45) is 5.92 Å². The first-order chi connectivity index (χ1) is 11.7. The van der Waals surface area contributed by atoms with Gasteiger partial charge in [0.25, 0.3) is 0 Å². The summed E-state index contributed by atoms with van der Waals surface area (Å²) < 4.78 is 12.2. The summed E-state index contributed by atoms with van der Waals surface area (Å²) in [5.74, 6) is 0.375. The fourth-order valence-electron chi connectivity index (χ4n) is 4.25. The molecule has 24 heavy (non-hydrogen) atoms. The summed E-state index contributed by atoms with van der Waals surface area (Å²) in [6.45, 7) is 3.39. The Labute approximate surface area is 142 Å². The van der Waals surface area contributed by atoms with E-state index in [2.05, 4.69) is 22.4 Å². The smallest absolute Gasteiger partial charge is 0.227 e. The molecule has 2 atom stereocenters. The van der Waals surface area contributed by atoms with Gasteiger partial charge in [-0.2, -0.15) is 5.10 Å². The second-order valence-corrected chi connectivity index (χ2v) is 7.64. The molecule has 0 bridgehead atoms. The molecule has 2 aliphatic carbocycles. The third-order valence-corrected chi connectivity index (χ3v) is 5.82. The minimum Gasteiger partial charge on any atom is -0.353 e. The normalized spacial score (nSPS) is 35.8. The molecule has 0 unspecified atom stereocenters. The van der Waals surface area contributed by atoms with Crippen LogP contribution >= 0.6 is 0 Å². The van der Waals surface area contributed by atoms with Gasteiger partial charge in [0.05, 0.1) is 18.7 Å². The van der Waals surface area contributed by atoms with Gasteiger partial charge in [0.2, 0.25) is 5.91 Å². The molecule has 2 N–H and O–H groups in total. The summed E-state index contributed by atoms with van der Waals surface area (Å²) in [7, 11) is 0. The van der Waals surface area contributed by atoms with Gasteiger partial charge in [0.1, 0.15) is 6.10 Å². The van der Waals surface area contributed by atoms with E-state index in [-0.39, 0.29) is 23.7 Å². The lowest BCUT2D eigenvalue weighted by Crippen LogP contribution is -2.39. The number of aromatic nitrogens is 2. The molecule has 3 aliphatic rings. The predicted octanol–water partition coefficient (Wildman–Crippen LogP) is 2.27. The van der Waals surface area contributed by atoms with E-state index in [1.807, 2.05) is 0 Å². The number of rotatable bonds is 3. The van der Waals surface area contributed by atoms with E-state index in [1.54, 1.807) is 6.20 Å². The number of carbonyl (C=O) groups is 1. The number of nitrogens with one attached hydrogen (secondary N) is 2. The van der Waals surface area contributed by atoms with Crippen molar-refractivity contribution in [3.05, 3.63) is 17.5 Å². The SMILES string of the molecule is CC1CCC2(CC1)OC[C@@H](CNC(=O)[C@@H]1CCCc3[nH]ncc31)O2. The Morgan fingerprint density at radius 1 is 1.42 bits per heavy atom. The maximum atomic E-state index is 12.6. The molecule has 6 nitrogen and oxygen atoms in total. The van der Waals surface area contributed by atoms with Crippen molar-refractivity contribution in [1.29, 1.82) is 0 Å². The van der Waals surface area contributed by atoms with Crippen LogP contribution in [0.4, 0.5) is 0 Å². The summed E-state index contributed by atoms with van der Waals surface area (Å²) in [5.41, 5.74) is 2.16. The lowest BCUT2D eigenvalue weighted by atomic mass is 9.86. The zero-order chi connectivity index (χ0) is 16.6. The Morgan fingerprint density at radius 2 is 2.25 bits per heavy atom. The van der Waals surface area contributed by atoms with Gasteiger partial charge in [-0.3, -0.25) is 9.89 Å². The van der Waals surface area contributed by atoms with Crippen LogP contribution in [0.1, 0.15) is 62.6 Å². The van der Waals surface area contributed by atoms with Crippen LogP contribution in [0.5, 0.6) is 0 Å². The van der Waals surface area contributed by atoms with Crippen molar-refractivity contribution in [3.8, 4) is 0 Å². The first kappa shape index (κ1) is 16.1. The molecule has 1 amide bonds. The number of hydrogen-bond donors (Lipinski definition) is 2. The van der Waals surface area contributed by atoms with Gasteiger partial charge < -0.3 is 14.8 Å². The fraction of sp³-hybridized carbons (Fsp3) is 0.778. The van der Waals surface area contributed by atoms with E-state index >= 15 is 0 Å². The average Bonchev–Trinajstić information content (AvgIpc) is 3.23. The third kappa shape index (κ3) is 3.09. The number of nitrogens with zero attached hydrogens (tertiary/aromatic N) is 1. The molecule has 1 spiro atoms. The molecule has 1 aliphatic heterocycles. The molecule has 0 radical (unpaired) electrons. The van der Waals surface area contributed by atoms with E-state index in [1.165, 1.54) is 0 Å². The third-order valence-electron chi connectivity index (χ3n) is 5.82. The van der Waals surface area contributed by atoms with Gasteiger partial charge >= 0.3 is 0 Å². The van der Waals surface area contributed by atoms with E-state index < -0.39 is 0 Å². The second-order valence-electron chi connectivity index (χ2n) is 7.64. The van der Waals surface area contributed by atoms with Crippen molar-refractivity contribution < 1.29 is 14.3 Å². The summed E-state index contributed by atoms with van der Waals surface area (Å²) in [4.78, 5) is 12.6. The zero-order valence-corrected chi connectivity index (χ0v) is 14.3. The van der Waals surface area contributed by atoms with Crippen molar-refractivity contribution >= 4 is 5.91 Å². The molecule has 2 heterocycles. The van der Waals surface area contributed by atoms with Crippen molar-refractivity contribution in [2.45, 2.75) is 69.7 Å². The van der Waals surface area contributed by atoms with Crippen molar-refractivity contribution in [2.75, 3.05) is 13.2 Å². The molecule has 6 heteroatoms. The van der Waals surface area contributed by atoms with Crippen LogP contribution < -0.4 is 5.32 Å². The first-order valence-corrected chi connectivity index (χ1v) is 9.27. The molecular formula is C18H27N3O3. The van der Waals surface area contributed by atoms with Crippen molar-refractivity contribution in [3.63, 3.8) is 0 Å². The zero-order valence-electron chi connectivity index (χ0n) is 14.3. The van der Waals surface area contributed by atoms with Gasteiger partial charge in [0, 0.05) is 30.6 Å². The van der Waals surface area contributed by atoms with Crippen LogP contribution in [-0.4, -0.2) is 41.1 Å². The number of aromatic amines is 1. The monoisotopic (exact) mass is 333 g/mol. The molecule has 1 saturated carbocycles. The molecule has 4 rings (SSSR count). The molecule has 1 saturated heterocycles. The molecule has 132 valence electrons. The summed E-state index contributed by atoms with van der Waals surface area (Å²) >= 11 is 0.